The fourth-order valence-electron chi connectivity index (χ4n) is 1.25. The van der Waals surface area contributed by atoms with Crippen molar-refractivity contribution in [1.29, 1.82) is 0 Å². The van der Waals surface area contributed by atoms with E-state index in [2.05, 4.69) is 0 Å². The summed E-state index contributed by atoms with van der Waals surface area (Å²) in [7, 11) is 0. The van der Waals surface area contributed by atoms with Crippen LogP contribution >= 0.6 is 0 Å². The van der Waals surface area contributed by atoms with Crippen molar-refractivity contribution in [2.75, 3.05) is 19.8 Å². The third kappa shape index (κ3) is 2.61. The molecule has 0 aromatic heterocycles. The zero-order valence-electron chi connectivity index (χ0n) is 8.87. The summed E-state index contributed by atoms with van der Waals surface area (Å²) in [6.07, 6.45) is 1.42. The molecule has 0 bridgehead atoms. The molecule has 0 aliphatic rings. The summed E-state index contributed by atoms with van der Waals surface area (Å²) < 4.78 is 0. The van der Waals surface area contributed by atoms with Gasteiger partial charge in [0.2, 0.25) is 0 Å². The third-order valence-electron chi connectivity index (χ3n) is 2.55. The topological polar surface area (TPSA) is 80.9 Å². The van der Waals surface area contributed by atoms with E-state index in [1.54, 1.807) is 24.3 Å². The molecule has 0 radical (unpaired) electrons. The minimum atomic E-state index is -1.38. The Hall–Kier alpha value is -1.36. The van der Waals surface area contributed by atoms with E-state index in [1.165, 1.54) is 6.08 Å². The Kier molecular flexibility index (Phi) is 4.49. The molecule has 4 nitrogen and oxygen atoms in total. The van der Waals surface area contributed by atoms with E-state index < -0.39 is 25.2 Å². The van der Waals surface area contributed by atoms with Gasteiger partial charge in [0.15, 0.2) is 0 Å². The average Bonchev–Trinajstić information content (AvgIpc) is 2.33. The Bertz CT molecular complexity index is 333. The van der Waals surface area contributed by atoms with E-state index in [1.807, 2.05) is 6.07 Å². The maximum absolute atomic E-state index is 9.79. The Labute approximate surface area is 94.1 Å². The minimum Gasteiger partial charge on any atom is -0.511 e. The van der Waals surface area contributed by atoms with Crippen LogP contribution in [-0.4, -0.2) is 40.2 Å². The molecule has 1 aromatic carbocycles. The van der Waals surface area contributed by atoms with Gasteiger partial charge >= 0.3 is 0 Å². The summed E-state index contributed by atoms with van der Waals surface area (Å²) in [5.74, 6) is -0.230. The number of rotatable bonds is 5. The molecule has 0 aliphatic heterocycles. The standard InChI is InChI=1S/C12H16O4/c13-7-12(8-14,9-15)11(16)6-10-4-2-1-3-5-10/h1-6,13-16H,7-9H2. The lowest BCUT2D eigenvalue weighted by Gasteiger charge is -2.26. The van der Waals surface area contributed by atoms with Gasteiger partial charge in [0.05, 0.1) is 25.2 Å². The fourth-order valence-corrected chi connectivity index (χ4v) is 1.25. The van der Waals surface area contributed by atoms with Crippen LogP contribution in [0.25, 0.3) is 6.08 Å². The Morgan fingerprint density at radius 1 is 1.00 bits per heavy atom. The molecular formula is C12H16O4. The molecule has 0 atom stereocenters. The van der Waals surface area contributed by atoms with Crippen LogP contribution in [0.3, 0.4) is 0 Å². The highest BCUT2D eigenvalue weighted by atomic mass is 16.3. The zero-order chi connectivity index (χ0) is 12.0. The molecular weight excluding hydrogens is 208 g/mol. The van der Waals surface area contributed by atoms with Crippen LogP contribution in [-0.2, 0) is 0 Å². The van der Waals surface area contributed by atoms with Gasteiger partial charge in [0, 0.05) is 0 Å². The van der Waals surface area contributed by atoms with Crippen LogP contribution in [0.4, 0.5) is 0 Å². The maximum atomic E-state index is 9.79. The highest BCUT2D eigenvalue weighted by Gasteiger charge is 2.32. The van der Waals surface area contributed by atoms with Crippen molar-refractivity contribution < 1.29 is 20.4 Å². The molecule has 1 rings (SSSR count). The van der Waals surface area contributed by atoms with Gasteiger partial charge in [-0.1, -0.05) is 30.3 Å². The summed E-state index contributed by atoms with van der Waals surface area (Å²) in [4.78, 5) is 0. The maximum Gasteiger partial charge on any atom is 0.106 e. The minimum absolute atomic E-state index is 0.230. The van der Waals surface area contributed by atoms with Gasteiger partial charge in [-0.3, -0.25) is 0 Å². The van der Waals surface area contributed by atoms with Gasteiger partial charge in [-0.2, -0.15) is 0 Å². The predicted molar refractivity (Wildman–Crippen MR) is 60.7 cm³/mol. The molecule has 0 amide bonds. The smallest absolute Gasteiger partial charge is 0.106 e. The van der Waals surface area contributed by atoms with Crippen LogP contribution in [0.5, 0.6) is 0 Å². The van der Waals surface area contributed by atoms with Crippen molar-refractivity contribution in [3.05, 3.63) is 41.7 Å². The Balaban J connectivity index is 2.99. The normalized spacial score (nSPS) is 12.8. The van der Waals surface area contributed by atoms with E-state index in [0.717, 1.165) is 5.56 Å². The van der Waals surface area contributed by atoms with Crippen molar-refractivity contribution in [2.45, 2.75) is 0 Å². The highest BCUT2D eigenvalue weighted by Crippen LogP contribution is 2.25. The quantitative estimate of drug-likeness (QED) is 0.550. The molecule has 0 saturated carbocycles. The van der Waals surface area contributed by atoms with Gasteiger partial charge in [-0.25, -0.2) is 0 Å². The monoisotopic (exact) mass is 224 g/mol. The van der Waals surface area contributed by atoms with Crippen LogP contribution in [0.1, 0.15) is 5.56 Å². The van der Waals surface area contributed by atoms with Crippen molar-refractivity contribution in [3.8, 4) is 0 Å². The lowest BCUT2D eigenvalue weighted by molar-refractivity contribution is 0.00640. The van der Waals surface area contributed by atoms with Crippen molar-refractivity contribution in [3.63, 3.8) is 0 Å². The van der Waals surface area contributed by atoms with Crippen molar-refractivity contribution in [1.82, 2.24) is 0 Å². The van der Waals surface area contributed by atoms with Gasteiger partial charge in [0.25, 0.3) is 0 Å². The van der Waals surface area contributed by atoms with Crippen molar-refractivity contribution >= 4 is 6.08 Å². The lowest BCUT2D eigenvalue weighted by atomic mass is 9.87. The molecule has 0 aliphatic carbocycles. The molecule has 4 heteroatoms. The van der Waals surface area contributed by atoms with Crippen LogP contribution in [0.2, 0.25) is 0 Å². The van der Waals surface area contributed by atoms with Crippen molar-refractivity contribution in [2.24, 2.45) is 5.41 Å². The number of hydrogen-bond donors (Lipinski definition) is 4. The van der Waals surface area contributed by atoms with Crippen LogP contribution in [0, 0.1) is 5.41 Å². The second kappa shape index (κ2) is 5.65. The first kappa shape index (κ1) is 12.7. The third-order valence-corrected chi connectivity index (χ3v) is 2.55. The Morgan fingerprint density at radius 2 is 1.50 bits per heavy atom. The molecule has 0 saturated heterocycles. The second-order valence-corrected chi connectivity index (χ2v) is 3.69. The molecule has 0 unspecified atom stereocenters. The van der Waals surface area contributed by atoms with Crippen LogP contribution < -0.4 is 0 Å². The summed E-state index contributed by atoms with van der Waals surface area (Å²) in [5, 5.41) is 37.1. The number of benzene rings is 1. The van der Waals surface area contributed by atoms with Gasteiger partial charge in [0.1, 0.15) is 5.76 Å². The first-order valence-electron chi connectivity index (χ1n) is 4.97. The zero-order valence-corrected chi connectivity index (χ0v) is 8.87. The summed E-state index contributed by atoms with van der Waals surface area (Å²) >= 11 is 0. The Morgan fingerprint density at radius 3 is 1.94 bits per heavy atom. The largest absolute Gasteiger partial charge is 0.511 e. The SMILES string of the molecule is OCC(CO)(CO)C(O)=Cc1ccccc1. The molecule has 16 heavy (non-hydrogen) atoms. The second-order valence-electron chi connectivity index (χ2n) is 3.69. The molecule has 0 heterocycles. The first-order chi connectivity index (χ1) is 7.68. The summed E-state index contributed by atoms with van der Waals surface area (Å²) in [6, 6.07) is 8.99. The number of aliphatic hydroxyl groups is 4. The van der Waals surface area contributed by atoms with Gasteiger partial charge in [-0.15, -0.1) is 0 Å². The van der Waals surface area contributed by atoms with Gasteiger partial charge < -0.3 is 20.4 Å². The highest BCUT2D eigenvalue weighted by molar-refractivity contribution is 5.52. The van der Waals surface area contributed by atoms with Gasteiger partial charge in [-0.05, 0) is 11.6 Å². The lowest BCUT2D eigenvalue weighted by Crippen LogP contribution is -2.36. The number of hydrogen-bond acceptors (Lipinski definition) is 4. The van der Waals surface area contributed by atoms with E-state index >= 15 is 0 Å². The predicted octanol–water partition coefficient (Wildman–Crippen LogP) is 0.549. The molecule has 0 fully saturated rings. The van der Waals surface area contributed by atoms with E-state index in [4.69, 9.17) is 15.3 Å². The molecule has 0 spiro atoms. The fraction of sp³-hybridized carbons (Fsp3) is 0.333. The van der Waals surface area contributed by atoms with E-state index in [0.29, 0.717) is 0 Å². The molecule has 4 N–H and O–H groups in total. The number of aliphatic hydroxyl groups excluding tert-OH is 4. The van der Waals surface area contributed by atoms with E-state index in [-0.39, 0.29) is 5.76 Å². The average molecular weight is 224 g/mol. The van der Waals surface area contributed by atoms with Crippen LogP contribution in [0.15, 0.2) is 36.1 Å². The molecule has 1 aromatic rings. The summed E-state index contributed by atoms with van der Waals surface area (Å²) in [5.41, 5.74) is -0.643. The first-order valence-corrected chi connectivity index (χ1v) is 4.97. The molecule has 88 valence electrons. The van der Waals surface area contributed by atoms with E-state index in [9.17, 15) is 5.11 Å². The summed E-state index contributed by atoms with van der Waals surface area (Å²) in [6.45, 7) is -1.56.